The maximum absolute atomic E-state index is 5.34. The zero-order valence-corrected chi connectivity index (χ0v) is 14.1. The van der Waals surface area contributed by atoms with E-state index in [2.05, 4.69) is 48.3 Å². The molecule has 5 nitrogen and oxygen atoms in total. The second-order valence-electron chi connectivity index (χ2n) is 6.11. The highest BCUT2D eigenvalue weighted by atomic mass is 16.5. The first kappa shape index (κ1) is 16.5. The second kappa shape index (κ2) is 7.42. The molecule has 0 radical (unpaired) electrons. The Kier molecular flexibility index (Phi) is 5.57. The number of rotatable bonds is 7. The van der Waals surface area contributed by atoms with E-state index in [1.165, 1.54) is 0 Å². The molecule has 0 fully saturated rings. The molecule has 0 aliphatic carbocycles. The summed E-state index contributed by atoms with van der Waals surface area (Å²) in [6.07, 6.45) is 1.85. The lowest BCUT2D eigenvalue weighted by atomic mass is 10.1. The van der Waals surface area contributed by atoms with Crippen molar-refractivity contribution in [1.82, 2.24) is 14.8 Å². The number of hydrogen-bond donors (Lipinski definition) is 1. The lowest BCUT2D eigenvalue weighted by molar-refractivity contribution is 0.320. The van der Waals surface area contributed by atoms with Gasteiger partial charge in [0.1, 0.15) is 5.75 Å². The Morgan fingerprint density at radius 3 is 2.36 bits per heavy atom. The number of aromatic nitrogens is 1. The van der Waals surface area contributed by atoms with Gasteiger partial charge in [0.15, 0.2) is 0 Å². The quantitative estimate of drug-likeness (QED) is 0.848. The van der Waals surface area contributed by atoms with Crippen molar-refractivity contribution < 1.29 is 4.74 Å². The Morgan fingerprint density at radius 2 is 1.77 bits per heavy atom. The third-order valence-corrected chi connectivity index (χ3v) is 3.48. The zero-order chi connectivity index (χ0) is 16.1. The molecule has 1 aromatic heterocycles. The van der Waals surface area contributed by atoms with Crippen LogP contribution in [0.2, 0.25) is 0 Å². The highest BCUT2D eigenvalue weighted by Gasteiger charge is 2.13. The van der Waals surface area contributed by atoms with Gasteiger partial charge < -0.3 is 19.9 Å². The molecular weight excluding hydrogens is 276 g/mol. The first-order valence-corrected chi connectivity index (χ1v) is 7.48. The maximum atomic E-state index is 5.34. The molecule has 0 bridgehead atoms. The molecule has 0 aliphatic rings. The number of pyridine rings is 1. The Balaban J connectivity index is 2.31. The minimum atomic E-state index is 0.335. The van der Waals surface area contributed by atoms with Crippen molar-refractivity contribution in [2.75, 3.05) is 53.7 Å². The Labute approximate surface area is 132 Å². The van der Waals surface area contributed by atoms with Crippen LogP contribution in [0.15, 0.2) is 30.5 Å². The van der Waals surface area contributed by atoms with Crippen molar-refractivity contribution in [3.63, 3.8) is 0 Å². The molecular formula is C17H26N4O. The van der Waals surface area contributed by atoms with E-state index in [0.29, 0.717) is 6.04 Å². The molecule has 1 heterocycles. The number of methoxy groups -OCH3 is 1. The Bertz CT molecular complexity index is 603. The number of nitrogens with one attached hydrogen (secondary N) is 1. The zero-order valence-electron chi connectivity index (χ0n) is 14.1. The van der Waals surface area contributed by atoms with Crippen molar-refractivity contribution in [3.8, 4) is 5.75 Å². The van der Waals surface area contributed by atoms with Gasteiger partial charge in [-0.25, -0.2) is 0 Å². The highest BCUT2D eigenvalue weighted by Crippen LogP contribution is 2.26. The van der Waals surface area contributed by atoms with Crippen LogP contribution in [-0.2, 0) is 0 Å². The lowest BCUT2D eigenvalue weighted by Crippen LogP contribution is -2.40. The van der Waals surface area contributed by atoms with Crippen molar-refractivity contribution in [2.45, 2.75) is 6.04 Å². The SMILES string of the molecule is COc1ccc2nccc(NC(CN(C)C)CN(C)C)c2c1. The maximum Gasteiger partial charge on any atom is 0.119 e. The summed E-state index contributed by atoms with van der Waals surface area (Å²) >= 11 is 0. The molecule has 0 spiro atoms. The predicted octanol–water partition coefficient (Wildman–Crippen LogP) is 2.15. The van der Waals surface area contributed by atoms with Crippen molar-refractivity contribution in [1.29, 1.82) is 0 Å². The third-order valence-electron chi connectivity index (χ3n) is 3.48. The number of nitrogens with zero attached hydrogens (tertiary/aromatic N) is 3. The number of ether oxygens (including phenoxy) is 1. The Morgan fingerprint density at radius 1 is 1.09 bits per heavy atom. The molecule has 120 valence electrons. The fourth-order valence-electron chi connectivity index (χ4n) is 2.63. The van der Waals surface area contributed by atoms with Gasteiger partial charge in [-0.05, 0) is 52.5 Å². The number of anilines is 1. The fraction of sp³-hybridized carbons (Fsp3) is 0.471. The van der Waals surface area contributed by atoms with Crippen molar-refractivity contribution in [2.24, 2.45) is 0 Å². The summed E-state index contributed by atoms with van der Waals surface area (Å²) in [4.78, 5) is 8.83. The average Bonchev–Trinajstić information content (AvgIpc) is 2.45. The van der Waals surface area contributed by atoms with E-state index in [1.807, 2.05) is 30.5 Å². The number of likely N-dealkylation sites (N-methyl/N-ethyl adjacent to an activating group) is 2. The van der Waals surface area contributed by atoms with E-state index in [-0.39, 0.29) is 0 Å². The minimum absolute atomic E-state index is 0.335. The van der Waals surface area contributed by atoms with E-state index < -0.39 is 0 Å². The van der Waals surface area contributed by atoms with Crippen LogP contribution in [0.25, 0.3) is 10.9 Å². The van der Waals surface area contributed by atoms with E-state index in [0.717, 1.165) is 35.4 Å². The van der Waals surface area contributed by atoms with Gasteiger partial charge in [-0.1, -0.05) is 0 Å². The van der Waals surface area contributed by atoms with Gasteiger partial charge in [0, 0.05) is 30.4 Å². The number of hydrogen-bond acceptors (Lipinski definition) is 5. The highest BCUT2D eigenvalue weighted by molar-refractivity contribution is 5.92. The molecule has 22 heavy (non-hydrogen) atoms. The summed E-state index contributed by atoms with van der Waals surface area (Å²) < 4.78 is 5.34. The smallest absolute Gasteiger partial charge is 0.119 e. The first-order valence-electron chi connectivity index (χ1n) is 7.48. The fourth-order valence-corrected chi connectivity index (χ4v) is 2.63. The summed E-state index contributed by atoms with van der Waals surface area (Å²) in [7, 11) is 10.1. The predicted molar refractivity (Wildman–Crippen MR) is 92.8 cm³/mol. The summed E-state index contributed by atoms with van der Waals surface area (Å²) in [6, 6.07) is 8.33. The molecule has 0 amide bonds. The van der Waals surface area contributed by atoms with Crippen LogP contribution in [-0.4, -0.2) is 69.2 Å². The standard InChI is InChI=1S/C17H26N4O/c1-20(2)11-13(12-21(3)4)19-17-8-9-18-16-7-6-14(22-5)10-15(16)17/h6-10,13H,11-12H2,1-5H3,(H,18,19). The molecule has 2 aromatic rings. The molecule has 0 unspecified atom stereocenters. The minimum Gasteiger partial charge on any atom is -0.497 e. The van der Waals surface area contributed by atoms with Crippen LogP contribution in [0.4, 0.5) is 5.69 Å². The molecule has 1 aromatic carbocycles. The van der Waals surface area contributed by atoms with Gasteiger partial charge in [0.05, 0.1) is 18.7 Å². The topological polar surface area (TPSA) is 40.6 Å². The molecule has 2 rings (SSSR count). The number of benzene rings is 1. The molecule has 0 saturated carbocycles. The normalized spacial score (nSPS) is 11.6. The summed E-state index contributed by atoms with van der Waals surface area (Å²) in [5, 5.41) is 4.74. The summed E-state index contributed by atoms with van der Waals surface area (Å²) in [5.74, 6) is 0.848. The summed E-state index contributed by atoms with van der Waals surface area (Å²) in [5.41, 5.74) is 2.07. The Hall–Kier alpha value is -1.85. The van der Waals surface area contributed by atoms with Gasteiger partial charge in [0.2, 0.25) is 0 Å². The molecule has 0 aliphatic heterocycles. The van der Waals surface area contributed by atoms with Crippen LogP contribution < -0.4 is 10.1 Å². The lowest BCUT2D eigenvalue weighted by Gasteiger charge is -2.26. The van der Waals surface area contributed by atoms with Crippen molar-refractivity contribution in [3.05, 3.63) is 30.5 Å². The van der Waals surface area contributed by atoms with E-state index in [9.17, 15) is 0 Å². The molecule has 5 heteroatoms. The third kappa shape index (κ3) is 4.32. The second-order valence-corrected chi connectivity index (χ2v) is 6.11. The van der Waals surface area contributed by atoms with Crippen LogP contribution in [0.3, 0.4) is 0 Å². The molecule has 0 saturated heterocycles. The van der Waals surface area contributed by atoms with Crippen LogP contribution in [0.1, 0.15) is 0 Å². The van der Waals surface area contributed by atoms with Gasteiger partial charge in [0.25, 0.3) is 0 Å². The van der Waals surface area contributed by atoms with Crippen molar-refractivity contribution >= 4 is 16.6 Å². The van der Waals surface area contributed by atoms with Crippen LogP contribution in [0.5, 0.6) is 5.75 Å². The van der Waals surface area contributed by atoms with Crippen LogP contribution >= 0.6 is 0 Å². The average molecular weight is 302 g/mol. The monoisotopic (exact) mass is 302 g/mol. The van der Waals surface area contributed by atoms with E-state index in [4.69, 9.17) is 4.74 Å². The summed E-state index contributed by atoms with van der Waals surface area (Å²) in [6.45, 7) is 1.93. The molecule has 0 atom stereocenters. The molecule has 1 N–H and O–H groups in total. The van der Waals surface area contributed by atoms with Gasteiger partial charge in [-0.2, -0.15) is 0 Å². The number of fused-ring (bicyclic) bond motifs is 1. The largest absolute Gasteiger partial charge is 0.497 e. The first-order chi connectivity index (χ1) is 10.5. The van der Waals surface area contributed by atoms with E-state index in [1.54, 1.807) is 7.11 Å². The van der Waals surface area contributed by atoms with Gasteiger partial charge in [-0.3, -0.25) is 4.98 Å². The van der Waals surface area contributed by atoms with Crippen LogP contribution in [0, 0.1) is 0 Å². The van der Waals surface area contributed by atoms with Gasteiger partial charge >= 0.3 is 0 Å². The van der Waals surface area contributed by atoms with E-state index >= 15 is 0 Å². The van der Waals surface area contributed by atoms with Gasteiger partial charge in [-0.15, -0.1) is 0 Å².